The van der Waals surface area contributed by atoms with E-state index in [0.29, 0.717) is 6.54 Å². The lowest BCUT2D eigenvalue weighted by Crippen LogP contribution is -2.04. The molecule has 1 rings (SSSR count). The van der Waals surface area contributed by atoms with E-state index >= 15 is 0 Å². The number of hydrogen-bond acceptors (Lipinski definition) is 1. The highest BCUT2D eigenvalue weighted by Gasteiger charge is 1.90. The van der Waals surface area contributed by atoms with Gasteiger partial charge < -0.3 is 5.21 Å². The summed E-state index contributed by atoms with van der Waals surface area (Å²) < 4.78 is 0.850. The molecule has 62 valence electrons. The van der Waals surface area contributed by atoms with E-state index in [1.807, 2.05) is 30.3 Å². The highest BCUT2D eigenvalue weighted by atomic mass is 16.5. The molecule has 12 heavy (non-hydrogen) atoms. The standard InChI is InChI=1S/C10H11NO/c1-2-8-11(12)9-10-6-4-3-5-7-10/h2-7,9H,1,8H2/b11-9+. The zero-order chi connectivity index (χ0) is 8.81. The van der Waals surface area contributed by atoms with Gasteiger partial charge >= 0.3 is 0 Å². The summed E-state index contributed by atoms with van der Waals surface area (Å²) in [7, 11) is 0. The van der Waals surface area contributed by atoms with Gasteiger partial charge in [-0.3, -0.25) is 0 Å². The highest BCUT2D eigenvalue weighted by Crippen LogP contribution is 1.93. The number of benzene rings is 1. The summed E-state index contributed by atoms with van der Waals surface area (Å²) in [5.41, 5.74) is 0.911. The second-order valence-electron chi connectivity index (χ2n) is 2.43. The van der Waals surface area contributed by atoms with E-state index in [9.17, 15) is 5.21 Å². The molecule has 0 atom stereocenters. The van der Waals surface area contributed by atoms with Gasteiger partial charge in [0.1, 0.15) is 0 Å². The quantitative estimate of drug-likeness (QED) is 0.218. The summed E-state index contributed by atoms with van der Waals surface area (Å²) in [6.45, 7) is 3.81. The predicted octanol–water partition coefficient (Wildman–Crippen LogP) is 1.80. The zero-order valence-electron chi connectivity index (χ0n) is 6.81. The Morgan fingerprint density at radius 2 is 2.00 bits per heavy atom. The second-order valence-corrected chi connectivity index (χ2v) is 2.43. The molecule has 0 heterocycles. The third-order valence-electron chi connectivity index (χ3n) is 1.40. The first-order valence-electron chi connectivity index (χ1n) is 3.77. The molecule has 0 saturated carbocycles. The third kappa shape index (κ3) is 2.58. The molecule has 0 saturated heterocycles. The van der Waals surface area contributed by atoms with Gasteiger partial charge in [-0.2, -0.15) is 0 Å². The van der Waals surface area contributed by atoms with E-state index in [2.05, 4.69) is 6.58 Å². The van der Waals surface area contributed by atoms with Gasteiger partial charge in [0.15, 0.2) is 12.8 Å². The van der Waals surface area contributed by atoms with Crippen LogP contribution in [0.3, 0.4) is 0 Å². The summed E-state index contributed by atoms with van der Waals surface area (Å²) in [5, 5.41) is 11.0. The summed E-state index contributed by atoms with van der Waals surface area (Å²) in [4.78, 5) is 0. The van der Waals surface area contributed by atoms with Crippen molar-refractivity contribution in [3.63, 3.8) is 0 Å². The van der Waals surface area contributed by atoms with Crippen LogP contribution in [0.25, 0.3) is 0 Å². The second kappa shape index (κ2) is 4.34. The fourth-order valence-electron chi connectivity index (χ4n) is 0.885. The van der Waals surface area contributed by atoms with Gasteiger partial charge in [0.2, 0.25) is 0 Å². The zero-order valence-corrected chi connectivity index (χ0v) is 6.81. The van der Waals surface area contributed by atoms with Gasteiger partial charge in [-0.15, -0.1) is 0 Å². The first-order chi connectivity index (χ1) is 5.83. The molecule has 0 spiro atoms. The van der Waals surface area contributed by atoms with Crippen LogP contribution in [-0.4, -0.2) is 17.5 Å². The molecular weight excluding hydrogens is 150 g/mol. The Kier molecular flexibility index (Phi) is 3.08. The molecule has 1 aromatic rings. The number of hydrogen-bond donors (Lipinski definition) is 0. The molecular formula is C10H11NO. The van der Waals surface area contributed by atoms with Crippen LogP contribution >= 0.6 is 0 Å². The van der Waals surface area contributed by atoms with Crippen molar-refractivity contribution in [3.8, 4) is 0 Å². The maximum atomic E-state index is 11.0. The Morgan fingerprint density at radius 1 is 1.33 bits per heavy atom. The molecule has 0 aliphatic heterocycles. The Morgan fingerprint density at radius 3 is 2.58 bits per heavy atom. The highest BCUT2D eigenvalue weighted by molar-refractivity contribution is 5.75. The lowest BCUT2D eigenvalue weighted by molar-refractivity contribution is -0.440. The van der Waals surface area contributed by atoms with Gasteiger partial charge in [-0.25, -0.2) is 4.74 Å². The fourth-order valence-corrected chi connectivity index (χ4v) is 0.885. The van der Waals surface area contributed by atoms with Crippen molar-refractivity contribution in [3.05, 3.63) is 53.8 Å². The van der Waals surface area contributed by atoms with Crippen LogP contribution in [0.1, 0.15) is 5.56 Å². The van der Waals surface area contributed by atoms with Crippen molar-refractivity contribution < 1.29 is 4.74 Å². The maximum Gasteiger partial charge on any atom is 0.182 e. The van der Waals surface area contributed by atoms with Gasteiger partial charge in [0.25, 0.3) is 0 Å². The topological polar surface area (TPSA) is 26.1 Å². The molecule has 0 aromatic heterocycles. The Hall–Kier alpha value is -1.57. The smallest absolute Gasteiger partial charge is 0.182 e. The van der Waals surface area contributed by atoms with Crippen LogP contribution in [0.2, 0.25) is 0 Å². The van der Waals surface area contributed by atoms with Gasteiger partial charge in [-0.05, 0) is 18.2 Å². The maximum absolute atomic E-state index is 11.0. The van der Waals surface area contributed by atoms with E-state index in [1.54, 1.807) is 12.3 Å². The van der Waals surface area contributed by atoms with Crippen molar-refractivity contribution in [1.82, 2.24) is 0 Å². The average Bonchev–Trinajstić information content (AvgIpc) is 2.06. The van der Waals surface area contributed by atoms with E-state index in [-0.39, 0.29) is 0 Å². The Balaban J connectivity index is 2.74. The van der Waals surface area contributed by atoms with Crippen LogP contribution < -0.4 is 0 Å². The number of nitrogens with zero attached hydrogens (tertiary/aromatic N) is 1. The molecule has 0 aliphatic rings. The Labute approximate surface area is 72.1 Å². The lowest BCUT2D eigenvalue weighted by Gasteiger charge is -1.98. The van der Waals surface area contributed by atoms with E-state index in [0.717, 1.165) is 10.3 Å². The number of hydroxylamine groups is 1. The summed E-state index contributed by atoms with van der Waals surface area (Å²) in [6, 6.07) is 9.48. The average molecular weight is 161 g/mol. The van der Waals surface area contributed by atoms with E-state index in [4.69, 9.17) is 0 Å². The van der Waals surface area contributed by atoms with Crippen LogP contribution in [0.4, 0.5) is 0 Å². The summed E-state index contributed by atoms with van der Waals surface area (Å²) in [5.74, 6) is 0. The molecule has 0 unspecified atom stereocenters. The predicted molar refractivity (Wildman–Crippen MR) is 50.3 cm³/mol. The molecule has 0 amide bonds. The molecule has 0 N–H and O–H groups in total. The summed E-state index contributed by atoms with van der Waals surface area (Å²) in [6.07, 6.45) is 3.12. The van der Waals surface area contributed by atoms with Crippen LogP contribution in [0.5, 0.6) is 0 Å². The minimum atomic E-state index is 0.328. The van der Waals surface area contributed by atoms with Crippen LogP contribution in [0.15, 0.2) is 43.0 Å². The molecule has 0 bridgehead atoms. The van der Waals surface area contributed by atoms with Gasteiger partial charge in [0.05, 0.1) is 0 Å². The normalized spacial score (nSPS) is 11.2. The molecule has 0 fully saturated rings. The molecule has 2 heteroatoms. The first kappa shape index (κ1) is 8.53. The van der Waals surface area contributed by atoms with Crippen molar-refractivity contribution in [2.75, 3.05) is 6.54 Å². The van der Waals surface area contributed by atoms with Crippen molar-refractivity contribution >= 4 is 6.21 Å². The van der Waals surface area contributed by atoms with E-state index in [1.165, 1.54) is 0 Å². The van der Waals surface area contributed by atoms with Crippen molar-refractivity contribution in [1.29, 1.82) is 0 Å². The molecule has 0 radical (unpaired) electrons. The van der Waals surface area contributed by atoms with Crippen molar-refractivity contribution in [2.45, 2.75) is 0 Å². The molecule has 1 aromatic carbocycles. The fraction of sp³-hybridized carbons (Fsp3) is 0.100. The largest absolute Gasteiger partial charge is 0.624 e. The minimum absolute atomic E-state index is 0.328. The monoisotopic (exact) mass is 161 g/mol. The van der Waals surface area contributed by atoms with E-state index < -0.39 is 0 Å². The first-order valence-corrected chi connectivity index (χ1v) is 3.77. The van der Waals surface area contributed by atoms with Gasteiger partial charge in [0, 0.05) is 5.56 Å². The molecule has 2 nitrogen and oxygen atoms in total. The van der Waals surface area contributed by atoms with Gasteiger partial charge in [-0.1, -0.05) is 24.8 Å². The molecule has 0 aliphatic carbocycles. The van der Waals surface area contributed by atoms with Crippen LogP contribution in [-0.2, 0) is 0 Å². The lowest BCUT2D eigenvalue weighted by atomic mass is 10.2. The number of rotatable bonds is 3. The van der Waals surface area contributed by atoms with Crippen LogP contribution in [0, 0.1) is 5.21 Å². The Bertz CT molecular complexity index is 277. The third-order valence-corrected chi connectivity index (χ3v) is 1.40. The SMILES string of the molecule is C=CC/[N+]([O-])=C\c1ccccc1. The van der Waals surface area contributed by atoms with Crippen molar-refractivity contribution in [2.24, 2.45) is 0 Å². The minimum Gasteiger partial charge on any atom is -0.624 e. The summed E-state index contributed by atoms with van der Waals surface area (Å²) >= 11 is 0.